The van der Waals surface area contributed by atoms with Crippen molar-refractivity contribution in [2.45, 2.75) is 71.1 Å². The number of ether oxygens (including phenoxy) is 1. The van der Waals surface area contributed by atoms with Crippen molar-refractivity contribution >= 4 is 5.91 Å². The van der Waals surface area contributed by atoms with Crippen molar-refractivity contribution in [3.63, 3.8) is 0 Å². The maximum absolute atomic E-state index is 11.4. The van der Waals surface area contributed by atoms with E-state index in [4.69, 9.17) is 10.6 Å². The standard InChI is InChI=1S/C19H32N2O2/c1-2-3-4-5-6-7-8-9-10-11-15-23-18-14-12-13-17(16-18)19(22)21-20/h12-14,16H,2-11,15,20H2,1H3,(H,21,22). The number of rotatable bonds is 13. The second-order valence-corrected chi connectivity index (χ2v) is 6.03. The number of hydrogen-bond acceptors (Lipinski definition) is 3. The van der Waals surface area contributed by atoms with E-state index in [1.54, 1.807) is 18.2 Å². The minimum Gasteiger partial charge on any atom is -0.494 e. The molecule has 0 fully saturated rings. The summed E-state index contributed by atoms with van der Waals surface area (Å²) in [5.74, 6) is 5.55. The van der Waals surface area contributed by atoms with Crippen LogP contribution >= 0.6 is 0 Å². The van der Waals surface area contributed by atoms with E-state index in [1.165, 1.54) is 57.8 Å². The Morgan fingerprint density at radius 3 is 2.22 bits per heavy atom. The molecule has 23 heavy (non-hydrogen) atoms. The molecule has 0 spiro atoms. The number of nitrogens with one attached hydrogen (secondary N) is 1. The van der Waals surface area contributed by atoms with Gasteiger partial charge in [0, 0.05) is 5.56 Å². The van der Waals surface area contributed by atoms with Crippen molar-refractivity contribution in [1.29, 1.82) is 0 Å². The molecule has 0 aliphatic rings. The minimum atomic E-state index is -0.297. The van der Waals surface area contributed by atoms with Crippen LogP contribution in [0.3, 0.4) is 0 Å². The molecule has 0 atom stereocenters. The Kier molecular flexibility index (Phi) is 11.0. The van der Waals surface area contributed by atoms with Crippen molar-refractivity contribution in [3.05, 3.63) is 29.8 Å². The van der Waals surface area contributed by atoms with Crippen LogP contribution in [0.5, 0.6) is 5.75 Å². The summed E-state index contributed by atoms with van der Waals surface area (Å²) in [6, 6.07) is 7.11. The fraction of sp³-hybridized carbons (Fsp3) is 0.632. The summed E-state index contributed by atoms with van der Waals surface area (Å²) in [6.45, 7) is 2.95. The molecule has 0 radical (unpaired) electrons. The predicted molar refractivity (Wildman–Crippen MR) is 95.4 cm³/mol. The monoisotopic (exact) mass is 320 g/mol. The van der Waals surface area contributed by atoms with Gasteiger partial charge in [-0.15, -0.1) is 0 Å². The van der Waals surface area contributed by atoms with Crippen LogP contribution in [0.1, 0.15) is 81.5 Å². The van der Waals surface area contributed by atoms with Gasteiger partial charge < -0.3 is 4.74 Å². The smallest absolute Gasteiger partial charge is 0.265 e. The lowest BCUT2D eigenvalue weighted by Crippen LogP contribution is -2.29. The van der Waals surface area contributed by atoms with E-state index in [0.717, 1.165) is 12.2 Å². The van der Waals surface area contributed by atoms with E-state index >= 15 is 0 Å². The van der Waals surface area contributed by atoms with Crippen LogP contribution in [0.25, 0.3) is 0 Å². The van der Waals surface area contributed by atoms with E-state index in [0.29, 0.717) is 12.2 Å². The summed E-state index contributed by atoms with van der Waals surface area (Å²) in [7, 11) is 0. The van der Waals surface area contributed by atoms with Gasteiger partial charge in [0.2, 0.25) is 0 Å². The molecule has 3 N–H and O–H groups in total. The van der Waals surface area contributed by atoms with E-state index < -0.39 is 0 Å². The van der Waals surface area contributed by atoms with E-state index in [9.17, 15) is 4.79 Å². The number of benzene rings is 1. The van der Waals surface area contributed by atoms with Gasteiger partial charge in [-0.25, -0.2) is 5.84 Å². The third-order valence-corrected chi connectivity index (χ3v) is 3.99. The lowest BCUT2D eigenvalue weighted by molar-refractivity contribution is 0.0953. The van der Waals surface area contributed by atoms with Gasteiger partial charge in [-0.2, -0.15) is 0 Å². The van der Waals surface area contributed by atoms with Crippen LogP contribution < -0.4 is 16.0 Å². The molecule has 0 heterocycles. The van der Waals surface area contributed by atoms with Gasteiger partial charge in [0.25, 0.3) is 5.91 Å². The van der Waals surface area contributed by atoms with Gasteiger partial charge in [0.15, 0.2) is 0 Å². The Balaban J connectivity index is 2.02. The number of carbonyl (C=O) groups excluding carboxylic acids is 1. The maximum atomic E-state index is 11.4. The van der Waals surface area contributed by atoms with Crippen molar-refractivity contribution in [1.82, 2.24) is 5.43 Å². The van der Waals surface area contributed by atoms with Crippen molar-refractivity contribution in [2.75, 3.05) is 6.61 Å². The van der Waals surface area contributed by atoms with Crippen LogP contribution in [0.15, 0.2) is 24.3 Å². The van der Waals surface area contributed by atoms with Crippen LogP contribution in [0.2, 0.25) is 0 Å². The molecular formula is C19H32N2O2. The number of amides is 1. The molecule has 130 valence electrons. The van der Waals surface area contributed by atoms with Crippen LogP contribution in [-0.4, -0.2) is 12.5 Å². The SMILES string of the molecule is CCCCCCCCCCCCOc1cccc(C(=O)NN)c1. The van der Waals surface area contributed by atoms with E-state index in [2.05, 4.69) is 12.3 Å². The fourth-order valence-corrected chi connectivity index (χ4v) is 2.59. The molecular weight excluding hydrogens is 288 g/mol. The van der Waals surface area contributed by atoms with Crippen molar-refractivity contribution in [3.8, 4) is 5.75 Å². The largest absolute Gasteiger partial charge is 0.494 e. The summed E-state index contributed by atoms with van der Waals surface area (Å²) in [5.41, 5.74) is 2.65. The molecule has 0 aliphatic heterocycles. The van der Waals surface area contributed by atoms with Crippen LogP contribution in [-0.2, 0) is 0 Å². The van der Waals surface area contributed by atoms with Crippen LogP contribution in [0.4, 0.5) is 0 Å². The molecule has 0 aliphatic carbocycles. The number of carbonyl (C=O) groups is 1. The molecule has 0 aromatic heterocycles. The Morgan fingerprint density at radius 1 is 1.00 bits per heavy atom. The highest BCUT2D eigenvalue weighted by Gasteiger charge is 2.04. The molecule has 0 saturated carbocycles. The molecule has 0 unspecified atom stereocenters. The van der Waals surface area contributed by atoms with Crippen LogP contribution in [0, 0.1) is 0 Å². The Bertz CT molecular complexity index is 435. The number of unbranched alkanes of at least 4 members (excludes halogenated alkanes) is 9. The molecule has 1 aromatic carbocycles. The van der Waals surface area contributed by atoms with E-state index in [1.807, 2.05) is 6.07 Å². The van der Waals surface area contributed by atoms with Gasteiger partial charge in [0.1, 0.15) is 5.75 Å². The quantitative estimate of drug-likeness (QED) is 0.242. The molecule has 0 saturated heterocycles. The molecule has 1 amide bonds. The first kappa shape index (κ1) is 19.5. The third kappa shape index (κ3) is 9.24. The molecule has 4 heteroatoms. The summed E-state index contributed by atoms with van der Waals surface area (Å²) < 4.78 is 5.69. The van der Waals surface area contributed by atoms with Gasteiger partial charge in [0.05, 0.1) is 6.61 Å². The Labute approximate surface area is 140 Å². The zero-order valence-electron chi connectivity index (χ0n) is 14.5. The summed E-state index contributed by atoms with van der Waals surface area (Å²) in [4.78, 5) is 11.4. The molecule has 0 bridgehead atoms. The molecule has 4 nitrogen and oxygen atoms in total. The lowest BCUT2D eigenvalue weighted by Gasteiger charge is -2.07. The lowest BCUT2D eigenvalue weighted by atomic mass is 10.1. The highest BCUT2D eigenvalue weighted by molar-refractivity contribution is 5.94. The second-order valence-electron chi connectivity index (χ2n) is 6.03. The van der Waals surface area contributed by atoms with Gasteiger partial charge in [-0.05, 0) is 24.6 Å². The normalized spacial score (nSPS) is 10.5. The number of nitrogen functional groups attached to an aromatic ring is 1. The number of hydrazine groups is 1. The Hall–Kier alpha value is -1.55. The van der Waals surface area contributed by atoms with Gasteiger partial charge >= 0.3 is 0 Å². The number of nitrogens with two attached hydrogens (primary N) is 1. The highest BCUT2D eigenvalue weighted by atomic mass is 16.5. The first-order valence-electron chi connectivity index (χ1n) is 9.01. The zero-order valence-corrected chi connectivity index (χ0v) is 14.5. The van der Waals surface area contributed by atoms with Crippen molar-refractivity contribution in [2.24, 2.45) is 5.84 Å². The van der Waals surface area contributed by atoms with Gasteiger partial charge in [-0.1, -0.05) is 70.8 Å². The first-order valence-corrected chi connectivity index (χ1v) is 9.01. The van der Waals surface area contributed by atoms with Crippen molar-refractivity contribution < 1.29 is 9.53 Å². The molecule has 1 rings (SSSR count). The van der Waals surface area contributed by atoms with Gasteiger partial charge in [-0.3, -0.25) is 10.2 Å². The third-order valence-electron chi connectivity index (χ3n) is 3.99. The summed E-state index contributed by atoms with van der Waals surface area (Å²) >= 11 is 0. The average molecular weight is 320 g/mol. The maximum Gasteiger partial charge on any atom is 0.265 e. The van der Waals surface area contributed by atoms with E-state index in [-0.39, 0.29) is 5.91 Å². The fourth-order valence-electron chi connectivity index (χ4n) is 2.59. The number of hydrogen-bond donors (Lipinski definition) is 2. The summed E-state index contributed by atoms with van der Waals surface area (Å²) in [5, 5.41) is 0. The topological polar surface area (TPSA) is 64.3 Å². The average Bonchev–Trinajstić information content (AvgIpc) is 2.59. The predicted octanol–water partition coefficient (Wildman–Crippen LogP) is 4.59. The molecule has 1 aromatic rings. The zero-order chi connectivity index (χ0) is 16.8. The highest BCUT2D eigenvalue weighted by Crippen LogP contribution is 2.14. The summed E-state index contributed by atoms with van der Waals surface area (Å²) in [6.07, 6.45) is 13.1. The minimum absolute atomic E-state index is 0.297. The second kappa shape index (κ2) is 12.9. The Morgan fingerprint density at radius 2 is 1.61 bits per heavy atom. The first-order chi connectivity index (χ1) is 11.3.